The van der Waals surface area contributed by atoms with Gasteiger partial charge >= 0.3 is 5.97 Å². The number of benzene rings is 1. The van der Waals surface area contributed by atoms with Crippen LogP contribution >= 0.6 is 15.9 Å². The molecule has 1 aromatic carbocycles. The van der Waals surface area contributed by atoms with E-state index >= 15 is 0 Å². The number of carbonyl (C=O) groups is 1. The number of carbonyl (C=O) groups excluding carboxylic acids is 1. The Bertz CT molecular complexity index is 617. The van der Waals surface area contributed by atoms with Gasteiger partial charge in [0.1, 0.15) is 11.4 Å². The number of esters is 1. The van der Waals surface area contributed by atoms with E-state index in [0.29, 0.717) is 17.1 Å². The highest BCUT2D eigenvalue weighted by Gasteiger charge is 2.14. The highest BCUT2D eigenvalue weighted by molar-refractivity contribution is 9.10. The molecular weight excluding hydrogens is 310 g/mol. The predicted molar refractivity (Wildman–Crippen MR) is 77.4 cm³/mol. The van der Waals surface area contributed by atoms with Gasteiger partial charge in [0.15, 0.2) is 0 Å². The average molecular weight is 322 g/mol. The molecule has 19 heavy (non-hydrogen) atoms. The van der Waals surface area contributed by atoms with Gasteiger partial charge in [0.25, 0.3) is 0 Å². The molecule has 2 aromatic rings. The van der Waals surface area contributed by atoms with E-state index in [4.69, 9.17) is 10.5 Å². The Morgan fingerprint density at radius 2 is 2.16 bits per heavy atom. The number of nitrogens with one attached hydrogen (secondary N) is 1. The second-order valence-corrected chi connectivity index (χ2v) is 4.62. The number of hydrogen-bond donors (Lipinski definition) is 2. The van der Waals surface area contributed by atoms with Crippen molar-refractivity contribution in [3.63, 3.8) is 0 Å². The number of methoxy groups -OCH3 is 1. The summed E-state index contributed by atoms with van der Waals surface area (Å²) in [5.41, 5.74) is 7.12. The number of hydrogen-bond acceptors (Lipinski definition) is 5. The van der Waals surface area contributed by atoms with Crippen molar-refractivity contribution in [1.82, 2.24) is 4.98 Å². The first kappa shape index (κ1) is 13.4. The van der Waals surface area contributed by atoms with Gasteiger partial charge in [0, 0.05) is 4.47 Å². The number of pyridine rings is 1. The molecule has 5 nitrogen and oxygen atoms in total. The number of ether oxygens (including phenoxy) is 1. The summed E-state index contributed by atoms with van der Waals surface area (Å²) in [7, 11) is 1.31. The van der Waals surface area contributed by atoms with Crippen LogP contribution < -0.4 is 11.1 Å². The number of nitrogens with two attached hydrogens (primary N) is 1. The van der Waals surface area contributed by atoms with Gasteiger partial charge in [0.2, 0.25) is 0 Å². The number of anilines is 3. The van der Waals surface area contributed by atoms with Crippen molar-refractivity contribution >= 4 is 39.1 Å². The molecule has 0 saturated heterocycles. The lowest BCUT2D eigenvalue weighted by molar-refractivity contribution is 0.0601. The zero-order valence-electron chi connectivity index (χ0n) is 10.2. The monoisotopic (exact) mass is 321 g/mol. The van der Waals surface area contributed by atoms with Gasteiger partial charge in [-0.25, -0.2) is 9.78 Å². The molecule has 2 rings (SSSR count). The molecule has 6 heteroatoms. The van der Waals surface area contributed by atoms with Crippen molar-refractivity contribution in [2.45, 2.75) is 0 Å². The lowest BCUT2D eigenvalue weighted by Gasteiger charge is -2.11. The number of rotatable bonds is 3. The fourth-order valence-electron chi connectivity index (χ4n) is 1.54. The zero-order chi connectivity index (χ0) is 13.8. The van der Waals surface area contributed by atoms with Crippen LogP contribution in [-0.4, -0.2) is 18.1 Å². The maximum absolute atomic E-state index is 11.7. The Morgan fingerprint density at radius 1 is 1.42 bits per heavy atom. The summed E-state index contributed by atoms with van der Waals surface area (Å²) >= 11 is 3.42. The van der Waals surface area contributed by atoms with E-state index in [9.17, 15) is 4.79 Å². The highest BCUT2D eigenvalue weighted by atomic mass is 79.9. The van der Waals surface area contributed by atoms with Crippen LogP contribution in [0.15, 0.2) is 41.0 Å². The van der Waals surface area contributed by atoms with E-state index in [0.717, 1.165) is 10.2 Å². The Labute approximate surface area is 118 Å². The van der Waals surface area contributed by atoms with Crippen molar-refractivity contribution in [3.05, 3.63) is 46.6 Å². The molecule has 0 aliphatic rings. The molecule has 1 aromatic heterocycles. The summed E-state index contributed by atoms with van der Waals surface area (Å²) < 4.78 is 5.58. The van der Waals surface area contributed by atoms with E-state index in [1.165, 1.54) is 19.4 Å². The lowest BCUT2D eigenvalue weighted by atomic mass is 10.2. The second-order valence-electron chi connectivity index (χ2n) is 3.76. The van der Waals surface area contributed by atoms with Crippen LogP contribution in [0.1, 0.15) is 10.4 Å². The van der Waals surface area contributed by atoms with Crippen LogP contribution in [-0.2, 0) is 4.74 Å². The van der Waals surface area contributed by atoms with Crippen LogP contribution in [0.3, 0.4) is 0 Å². The van der Waals surface area contributed by atoms with Gasteiger partial charge in [-0.15, -0.1) is 0 Å². The molecule has 3 N–H and O–H groups in total. The first-order valence-electron chi connectivity index (χ1n) is 5.47. The average Bonchev–Trinajstić information content (AvgIpc) is 2.42. The Hall–Kier alpha value is -2.08. The molecule has 1 heterocycles. The molecular formula is C13H12BrN3O2. The molecule has 0 aliphatic heterocycles. The number of para-hydroxylation sites is 1. The maximum atomic E-state index is 11.7. The van der Waals surface area contributed by atoms with Crippen LogP contribution in [0.2, 0.25) is 0 Å². The number of nitrogen functional groups attached to an aromatic ring is 1. The molecule has 0 aliphatic carbocycles. The smallest absolute Gasteiger partial charge is 0.341 e. The summed E-state index contributed by atoms with van der Waals surface area (Å²) in [5.74, 6) is -0.0951. The maximum Gasteiger partial charge on any atom is 0.341 e. The van der Waals surface area contributed by atoms with Crippen LogP contribution in [0.25, 0.3) is 0 Å². The third-order valence-corrected chi connectivity index (χ3v) is 3.13. The SMILES string of the molecule is COC(=O)c1cc(N)cnc1Nc1ccccc1Br. The summed E-state index contributed by atoms with van der Waals surface area (Å²) in [6.07, 6.45) is 1.48. The molecule has 0 fully saturated rings. The van der Waals surface area contributed by atoms with E-state index in [-0.39, 0.29) is 0 Å². The zero-order valence-corrected chi connectivity index (χ0v) is 11.8. The van der Waals surface area contributed by atoms with Gasteiger partial charge in [-0.1, -0.05) is 12.1 Å². The van der Waals surface area contributed by atoms with Gasteiger partial charge in [-0.3, -0.25) is 0 Å². The molecule has 0 saturated carbocycles. The molecule has 0 unspecified atom stereocenters. The molecule has 0 bridgehead atoms. The normalized spacial score (nSPS) is 10.0. The molecule has 0 spiro atoms. The first-order valence-corrected chi connectivity index (χ1v) is 6.26. The van der Waals surface area contributed by atoms with Gasteiger partial charge < -0.3 is 15.8 Å². The minimum atomic E-state index is -0.491. The third-order valence-electron chi connectivity index (χ3n) is 2.44. The van der Waals surface area contributed by atoms with E-state index in [1.807, 2.05) is 24.3 Å². The molecule has 0 atom stereocenters. The van der Waals surface area contributed by atoms with Gasteiger partial charge in [-0.2, -0.15) is 0 Å². The Kier molecular flexibility index (Phi) is 4.01. The van der Waals surface area contributed by atoms with Crippen LogP contribution in [0, 0.1) is 0 Å². The fraction of sp³-hybridized carbons (Fsp3) is 0.0769. The van der Waals surface area contributed by atoms with Crippen molar-refractivity contribution < 1.29 is 9.53 Å². The number of aromatic nitrogens is 1. The van der Waals surface area contributed by atoms with Gasteiger partial charge in [-0.05, 0) is 34.1 Å². The highest BCUT2D eigenvalue weighted by Crippen LogP contribution is 2.27. The van der Waals surface area contributed by atoms with Crippen molar-refractivity contribution in [1.29, 1.82) is 0 Å². The second kappa shape index (κ2) is 5.71. The quantitative estimate of drug-likeness (QED) is 0.850. The van der Waals surface area contributed by atoms with E-state index in [2.05, 4.69) is 26.2 Å². The summed E-state index contributed by atoms with van der Waals surface area (Å²) in [6.45, 7) is 0. The minimum absolute atomic E-state index is 0.290. The van der Waals surface area contributed by atoms with E-state index in [1.54, 1.807) is 0 Å². The molecule has 0 amide bonds. The lowest BCUT2D eigenvalue weighted by Crippen LogP contribution is -2.08. The summed E-state index contributed by atoms with van der Waals surface area (Å²) in [6, 6.07) is 9.05. The van der Waals surface area contributed by atoms with E-state index < -0.39 is 5.97 Å². The minimum Gasteiger partial charge on any atom is -0.465 e. The molecule has 0 radical (unpaired) electrons. The molecule has 98 valence electrons. The first-order chi connectivity index (χ1) is 9.11. The number of nitrogens with zero attached hydrogens (tertiary/aromatic N) is 1. The predicted octanol–water partition coefficient (Wildman–Crippen LogP) is 2.96. The van der Waals surface area contributed by atoms with Crippen molar-refractivity contribution in [2.75, 3.05) is 18.2 Å². The fourth-order valence-corrected chi connectivity index (χ4v) is 1.92. The topological polar surface area (TPSA) is 77.2 Å². The van der Waals surface area contributed by atoms with Crippen LogP contribution in [0.4, 0.5) is 17.2 Å². The summed E-state index contributed by atoms with van der Waals surface area (Å²) in [5, 5.41) is 3.07. The van der Waals surface area contributed by atoms with Gasteiger partial charge in [0.05, 0.1) is 24.7 Å². The Morgan fingerprint density at radius 3 is 2.84 bits per heavy atom. The summed E-state index contributed by atoms with van der Waals surface area (Å²) in [4.78, 5) is 15.8. The van der Waals surface area contributed by atoms with Crippen LogP contribution in [0.5, 0.6) is 0 Å². The van der Waals surface area contributed by atoms with Crippen molar-refractivity contribution in [2.24, 2.45) is 0 Å². The Balaban J connectivity index is 2.40. The third kappa shape index (κ3) is 3.03. The largest absolute Gasteiger partial charge is 0.465 e. The standard InChI is InChI=1S/C13H12BrN3O2/c1-19-13(18)9-6-8(15)7-16-12(9)17-11-5-3-2-4-10(11)14/h2-7H,15H2,1H3,(H,16,17). The van der Waals surface area contributed by atoms with Crippen molar-refractivity contribution in [3.8, 4) is 0 Å². The number of halogens is 1.